The van der Waals surface area contributed by atoms with Gasteiger partial charge in [0.2, 0.25) is 0 Å². The summed E-state index contributed by atoms with van der Waals surface area (Å²) < 4.78 is 10.2. The molecule has 1 heterocycles. The minimum Gasteiger partial charge on any atom is -0.463 e. The summed E-state index contributed by atoms with van der Waals surface area (Å²) in [4.78, 5) is 11.0. The van der Waals surface area contributed by atoms with E-state index in [2.05, 4.69) is 0 Å². The summed E-state index contributed by atoms with van der Waals surface area (Å²) in [6.07, 6.45) is 7.87. The average molecular weight is 196 g/mol. The molecule has 3 nitrogen and oxygen atoms in total. The number of epoxide rings is 1. The van der Waals surface area contributed by atoms with Crippen molar-refractivity contribution >= 4 is 5.97 Å². The van der Waals surface area contributed by atoms with Crippen LogP contribution in [0.25, 0.3) is 0 Å². The molecule has 1 saturated carbocycles. The Bertz CT molecular complexity index is 247. The van der Waals surface area contributed by atoms with E-state index in [0.717, 1.165) is 19.3 Å². The third-order valence-electron chi connectivity index (χ3n) is 2.84. The third-order valence-corrected chi connectivity index (χ3v) is 2.84. The SMILES string of the molecule is CCOC(=O)/C=C/C1CCC2OC2C1. The van der Waals surface area contributed by atoms with Crippen molar-refractivity contribution in [3.63, 3.8) is 0 Å². The average Bonchev–Trinajstić information content (AvgIpc) is 2.93. The van der Waals surface area contributed by atoms with Crippen LogP contribution in [0.1, 0.15) is 26.2 Å². The van der Waals surface area contributed by atoms with Gasteiger partial charge in [-0.05, 0) is 32.1 Å². The van der Waals surface area contributed by atoms with Crippen molar-refractivity contribution in [2.75, 3.05) is 6.61 Å². The number of rotatable bonds is 3. The summed E-state index contributed by atoms with van der Waals surface area (Å²) in [5, 5.41) is 0. The van der Waals surface area contributed by atoms with E-state index in [-0.39, 0.29) is 5.97 Å². The van der Waals surface area contributed by atoms with Crippen LogP contribution in [-0.2, 0) is 14.3 Å². The van der Waals surface area contributed by atoms with Crippen molar-refractivity contribution in [2.24, 2.45) is 5.92 Å². The fourth-order valence-electron chi connectivity index (χ4n) is 2.01. The first-order valence-corrected chi connectivity index (χ1v) is 5.30. The van der Waals surface area contributed by atoms with Gasteiger partial charge in [-0.15, -0.1) is 0 Å². The highest BCUT2D eigenvalue weighted by molar-refractivity contribution is 5.81. The zero-order valence-electron chi connectivity index (χ0n) is 8.44. The number of hydrogen-bond acceptors (Lipinski definition) is 3. The first-order chi connectivity index (χ1) is 6.79. The molecule has 0 radical (unpaired) electrons. The van der Waals surface area contributed by atoms with Crippen LogP contribution < -0.4 is 0 Å². The van der Waals surface area contributed by atoms with E-state index in [4.69, 9.17) is 9.47 Å². The van der Waals surface area contributed by atoms with Crippen LogP contribution in [-0.4, -0.2) is 24.8 Å². The van der Waals surface area contributed by atoms with E-state index in [1.165, 1.54) is 0 Å². The smallest absolute Gasteiger partial charge is 0.330 e. The van der Waals surface area contributed by atoms with Crippen molar-refractivity contribution in [2.45, 2.75) is 38.4 Å². The van der Waals surface area contributed by atoms with E-state index in [0.29, 0.717) is 24.7 Å². The number of allylic oxidation sites excluding steroid dienone is 1. The van der Waals surface area contributed by atoms with Gasteiger partial charge >= 0.3 is 5.97 Å². The number of hydrogen-bond donors (Lipinski definition) is 0. The normalized spacial score (nSPS) is 35.4. The zero-order valence-corrected chi connectivity index (χ0v) is 8.44. The lowest BCUT2D eigenvalue weighted by molar-refractivity contribution is -0.137. The van der Waals surface area contributed by atoms with Gasteiger partial charge in [-0.2, -0.15) is 0 Å². The quantitative estimate of drug-likeness (QED) is 0.391. The Labute approximate surface area is 84.1 Å². The first kappa shape index (κ1) is 9.71. The van der Waals surface area contributed by atoms with Crippen LogP contribution >= 0.6 is 0 Å². The van der Waals surface area contributed by atoms with Gasteiger partial charge in [0.25, 0.3) is 0 Å². The van der Waals surface area contributed by atoms with Crippen LogP contribution in [0.4, 0.5) is 0 Å². The highest BCUT2D eigenvalue weighted by Crippen LogP contribution is 2.39. The standard InChI is InChI=1S/C11H16O3/c1-2-13-11(12)6-4-8-3-5-9-10(7-8)14-9/h4,6,8-10H,2-3,5,7H2,1H3/b6-4+. The van der Waals surface area contributed by atoms with E-state index in [9.17, 15) is 4.79 Å². The maximum atomic E-state index is 11.0. The minimum absolute atomic E-state index is 0.230. The van der Waals surface area contributed by atoms with E-state index < -0.39 is 0 Å². The summed E-state index contributed by atoms with van der Waals surface area (Å²) in [5.74, 6) is 0.273. The fraction of sp³-hybridized carbons (Fsp3) is 0.727. The zero-order chi connectivity index (χ0) is 9.97. The van der Waals surface area contributed by atoms with Crippen molar-refractivity contribution in [1.82, 2.24) is 0 Å². The first-order valence-electron chi connectivity index (χ1n) is 5.30. The largest absolute Gasteiger partial charge is 0.463 e. The molecule has 0 spiro atoms. The Hall–Kier alpha value is -0.830. The molecule has 2 rings (SSSR count). The molecule has 1 saturated heterocycles. The molecule has 14 heavy (non-hydrogen) atoms. The summed E-state index contributed by atoms with van der Waals surface area (Å²) in [7, 11) is 0. The second kappa shape index (κ2) is 4.13. The van der Waals surface area contributed by atoms with Gasteiger partial charge in [-0.3, -0.25) is 0 Å². The number of carbonyl (C=O) groups is 1. The Balaban J connectivity index is 1.75. The van der Waals surface area contributed by atoms with Crippen LogP contribution in [0, 0.1) is 5.92 Å². The lowest BCUT2D eigenvalue weighted by Crippen LogP contribution is -2.11. The molecule has 1 aliphatic carbocycles. The van der Waals surface area contributed by atoms with Gasteiger partial charge in [-0.25, -0.2) is 4.79 Å². The summed E-state index contributed by atoms with van der Waals surface area (Å²) in [6.45, 7) is 2.26. The predicted octanol–water partition coefficient (Wildman–Crippen LogP) is 1.67. The van der Waals surface area contributed by atoms with Crippen LogP contribution in [0.15, 0.2) is 12.2 Å². The van der Waals surface area contributed by atoms with Crippen LogP contribution in [0.5, 0.6) is 0 Å². The van der Waals surface area contributed by atoms with Gasteiger partial charge < -0.3 is 9.47 Å². The fourth-order valence-corrected chi connectivity index (χ4v) is 2.01. The topological polar surface area (TPSA) is 38.8 Å². The van der Waals surface area contributed by atoms with E-state index in [1.54, 1.807) is 6.08 Å². The second-order valence-corrected chi connectivity index (χ2v) is 3.90. The van der Waals surface area contributed by atoms with Crippen molar-refractivity contribution in [3.05, 3.63) is 12.2 Å². The summed E-state index contributed by atoms with van der Waals surface area (Å²) >= 11 is 0. The molecule has 3 unspecified atom stereocenters. The Morgan fingerprint density at radius 2 is 2.36 bits per heavy atom. The summed E-state index contributed by atoms with van der Waals surface area (Å²) in [6, 6.07) is 0. The molecule has 0 bridgehead atoms. The Kier molecular flexibility index (Phi) is 2.87. The molecular weight excluding hydrogens is 180 g/mol. The van der Waals surface area contributed by atoms with Crippen LogP contribution in [0.3, 0.4) is 0 Å². The molecule has 3 atom stereocenters. The molecule has 2 aliphatic rings. The Morgan fingerprint density at radius 3 is 3.07 bits per heavy atom. The lowest BCUT2D eigenvalue weighted by Gasteiger charge is -2.13. The molecule has 2 fully saturated rings. The number of fused-ring (bicyclic) bond motifs is 1. The van der Waals surface area contributed by atoms with Gasteiger partial charge in [-0.1, -0.05) is 6.08 Å². The molecule has 3 heteroatoms. The Morgan fingerprint density at radius 1 is 1.50 bits per heavy atom. The molecule has 0 aromatic carbocycles. The number of carbonyl (C=O) groups excluding carboxylic acids is 1. The van der Waals surface area contributed by atoms with E-state index >= 15 is 0 Å². The molecule has 0 amide bonds. The monoisotopic (exact) mass is 196 g/mol. The van der Waals surface area contributed by atoms with E-state index in [1.807, 2.05) is 13.0 Å². The molecule has 0 N–H and O–H groups in total. The third kappa shape index (κ3) is 2.35. The maximum absolute atomic E-state index is 11.0. The molecule has 0 aromatic heterocycles. The lowest BCUT2D eigenvalue weighted by atomic mass is 9.89. The highest BCUT2D eigenvalue weighted by Gasteiger charge is 2.43. The molecule has 1 aliphatic heterocycles. The number of ether oxygens (including phenoxy) is 2. The molecule has 0 aromatic rings. The highest BCUT2D eigenvalue weighted by atomic mass is 16.6. The summed E-state index contributed by atoms with van der Waals surface area (Å²) in [5.41, 5.74) is 0. The van der Waals surface area contributed by atoms with Crippen molar-refractivity contribution < 1.29 is 14.3 Å². The second-order valence-electron chi connectivity index (χ2n) is 3.90. The van der Waals surface area contributed by atoms with Gasteiger partial charge in [0.1, 0.15) is 0 Å². The molecule has 78 valence electrons. The molecular formula is C11H16O3. The van der Waals surface area contributed by atoms with Gasteiger partial charge in [0.05, 0.1) is 18.8 Å². The predicted molar refractivity (Wildman–Crippen MR) is 51.8 cm³/mol. The number of esters is 1. The van der Waals surface area contributed by atoms with Gasteiger partial charge in [0.15, 0.2) is 0 Å². The van der Waals surface area contributed by atoms with Crippen molar-refractivity contribution in [3.8, 4) is 0 Å². The van der Waals surface area contributed by atoms with Crippen LogP contribution in [0.2, 0.25) is 0 Å². The minimum atomic E-state index is -0.230. The van der Waals surface area contributed by atoms with Crippen molar-refractivity contribution in [1.29, 1.82) is 0 Å². The van der Waals surface area contributed by atoms with Gasteiger partial charge in [0, 0.05) is 6.08 Å². The maximum Gasteiger partial charge on any atom is 0.330 e.